The number of nitrogens with zero attached hydrogens (tertiary/aromatic N) is 1. The Morgan fingerprint density at radius 1 is 1.28 bits per heavy atom. The van der Waals surface area contributed by atoms with E-state index >= 15 is 0 Å². The summed E-state index contributed by atoms with van der Waals surface area (Å²) in [6.07, 6.45) is 0. The Morgan fingerprint density at radius 3 is 2.48 bits per heavy atom. The van der Waals surface area contributed by atoms with Gasteiger partial charge >= 0.3 is 0 Å². The van der Waals surface area contributed by atoms with E-state index < -0.39 is 16.1 Å². The molecule has 1 heterocycles. The van der Waals surface area contributed by atoms with Crippen LogP contribution >= 0.6 is 0 Å². The Balaban J connectivity index is 2.04. The molecule has 1 aliphatic rings. The molecule has 3 N–H and O–H groups in total. The van der Waals surface area contributed by atoms with E-state index in [1.54, 1.807) is 4.90 Å². The SMILES string of the molecule is CC(=O)Nc1ccc(S(=O)(=O)NC(C)C(=O)N2CCNC(C)C2)cc1. The first-order valence-electron chi connectivity index (χ1n) is 8.11. The summed E-state index contributed by atoms with van der Waals surface area (Å²) in [4.78, 5) is 25.2. The summed E-state index contributed by atoms with van der Waals surface area (Å²) in [5, 5.41) is 5.80. The summed E-state index contributed by atoms with van der Waals surface area (Å²) in [5.41, 5.74) is 0.505. The summed E-state index contributed by atoms with van der Waals surface area (Å²) in [5.74, 6) is -0.481. The third kappa shape index (κ3) is 5.25. The molecule has 0 bridgehead atoms. The van der Waals surface area contributed by atoms with Crippen LogP contribution in [0.25, 0.3) is 0 Å². The van der Waals surface area contributed by atoms with Gasteiger partial charge in [0, 0.05) is 38.3 Å². The quantitative estimate of drug-likeness (QED) is 0.685. The largest absolute Gasteiger partial charge is 0.338 e. The zero-order chi connectivity index (χ0) is 18.6. The van der Waals surface area contributed by atoms with Crippen molar-refractivity contribution in [3.63, 3.8) is 0 Å². The van der Waals surface area contributed by atoms with Crippen LogP contribution in [0.3, 0.4) is 0 Å². The summed E-state index contributed by atoms with van der Waals surface area (Å²) in [6, 6.07) is 5.10. The molecule has 2 atom stereocenters. The molecule has 1 fully saturated rings. The zero-order valence-electron chi connectivity index (χ0n) is 14.6. The number of sulfonamides is 1. The number of anilines is 1. The van der Waals surface area contributed by atoms with Crippen molar-refractivity contribution in [3.05, 3.63) is 24.3 Å². The van der Waals surface area contributed by atoms with Crippen molar-refractivity contribution >= 4 is 27.5 Å². The number of carbonyl (C=O) groups is 2. The average molecular weight is 368 g/mol. The molecule has 1 saturated heterocycles. The number of piperazine rings is 1. The highest BCUT2D eigenvalue weighted by atomic mass is 32.2. The number of amides is 2. The Hall–Kier alpha value is -1.97. The molecule has 25 heavy (non-hydrogen) atoms. The predicted molar refractivity (Wildman–Crippen MR) is 94.6 cm³/mol. The van der Waals surface area contributed by atoms with E-state index in [1.165, 1.54) is 38.1 Å². The molecule has 138 valence electrons. The van der Waals surface area contributed by atoms with Gasteiger partial charge in [0.1, 0.15) is 0 Å². The molecule has 1 aliphatic heterocycles. The van der Waals surface area contributed by atoms with E-state index in [2.05, 4.69) is 15.4 Å². The van der Waals surface area contributed by atoms with Crippen LogP contribution < -0.4 is 15.4 Å². The monoisotopic (exact) mass is 368 g/mol. The second kappa shape index (κ2) is 7.94. The maximum Gasteiger partial charge on any atom is 0.241 e. The normalized spacial score (nSPS) is 19.3. The number of nitrogens with one attached hydrogen (secondary N) is 3. The predicted octanol–water partition coefficient (Wildman–Crippen LogP) is 0.132. The zero-order valence-corrected chi connectivity index (χ0v) is 15.4. The molecule has 2 unspecified atom stereocenters. The van der Waals surface area contributed by atoms with Gasteiger partial charge in [0.15, 0.2) is 0 Å². The molecular formula is C16H24N4O4S. The van der Waals surface area contributed by atoms with Crippen molar-refractivity contribution in [1.29, 1.82) is 0 Å². The van der Waals surface area contributed by atoms with Crippen molar-refractivity contribution in [2.75, 3.05) is 25.0 Å². The van der Waals surface area contributed by atoms with Gasteiger partial charge in [-0.3, -0.25) is 9.59 Å². The fourth-order valence-corrected chi connectivity index (χ4v) is 3.87. The van der Waals surface area contributed by atoms with E-state index in [1.807, 2.05) is 6.92 Å². The first kappa shape index (κ1) is 19.4. The smallest absolute Gasteiger partial charge is 0.241 e. The van der Waals surface area contributed by atoms with Crippen molar-refractivity contribution in [2.24, 2.45) is 0 Å². The molecule has 0 aromatic heterocycles. The lowest BCUT2D eigenvalue weighted by molar-refractivity contribution is -0.133. The van der Waals surface area contributed by atoms with Crippen molar-refractivity contribution in [2.45, 2.75) is 37.8 Å². The topological polar surface area (TPSA) is 108 Å². The van der Waals surface area contributed by atoms with Gasteiger partial charge in [-0.05, 0) is 38.1 Å². The van der Waals surface area contributed by atoms with Crippen molar-refractivity contribution in [1.82, 2.24) is 14.9 Å². The summed E-state index contributed by atoms with van der Waals surface area (Å²) >= 11 is 0. The van der Waals surface area contributed by atoms with Crippen LogP contribution in [0.4, 0.5) is 5.69 Å². The third-order valence-corrected chi connectivity index (χ3v) is 5.42. The molecule has 2 amide bonds. The van der Waals surface area contributed by atoms with Gasteiger partial charge in [0.25, 0.3) is 0 Å². The molecule has 1 aromatic carbocycles. The summed E-state index contributed by atoms with van der Waals surface area (Å²) in [7, 11) is -3.83. The maximum atomic E-state index is 12.5. The van der Waals surface area contributed by atoms with E-state index in [0.717, 1.165) is 0 Å². The number of rotatable bonds is 5. The van der Waals surface area contributed by atoms with Crippen LogP contribution in [-0.4, -0.2) is 56.9 Å². The average Bonchev–Trinajstić information content (AvgIpc) is 2.53. The van der Waals surface area contributed by atoms with Gasteiger partial charge in [0.2, 0.25) is 21.8 Å². The van der Waals surface area contributed by atoms with E-state index in [0.29, 0.717) is 25.3 Å². The Morgan fingerprint density at radius 2 is 1.92 bits per heavy atom. The Bertz CT molecular complexity index is 733. The minimum Gasteiger partial charge on any atom is -0.338 e. The Kier molecular flexibility index (Phi) is 6.15. The minimum absolute atomic E-state index is 0.0370. The van der Waals surface area contributed by atoms with Crippen molar-refractivity contribution < 1.29 is 18.0 Å². The van der Waals surface area contributed by atoms with Crippen molar-refractivity contribution in [3.8, 4) is 0 Å². The lowest BCUT2D eigenvalue weighted by atomic mass is 10.2. The van der Waals surface area contributed by atoms with Gasteiger partial charge in [-0.25, -0.2) is 8.42 Å². The van der Waals surface area contributed by atoms with Gasteiger partial charge in [-0.15, -0.1) is 0 Å². The van der Waals surface area contributed by atoms with Gasteiger partial charge < -0.3 is 15.5 Å². The van der Waals surface area contributed by atoms with Crippen LogP contribution in [0.5, 0.6) is 0 Å². The lowest BCUT2D eigenvalue weighted by Crippen LogP contribution is -2.55. The summed E-state index contributed by atoms with van der Waals surface area (Å²) < 4.78 is 27.3. The highest BCUT2D eigenvalue weighted by molar-refractivity contribution is 7.89. The van der Waals surface area contributed by atoms with Crippen LogP contribution in [0.15, 0.2) is 29.2 Å². The second-order valence-corrected chi connectivity index (χ2v) is 7.90. The molecule has 9 heteroatoms. The highest BCUT2D eigenvalue weighted by Crippen LogP contribution is 2.15. The minimum atomic E-state index is -3.83. The maximum absolute atomic E-state index is 12.5. The molecule has 0 aliphatic carbocycles. The second-order valence-electron chi connectivity index (χ2n) is 6.19. The Labute approximate surface area is 148 Å². The van der Waals surface area contributed by atoms with Crippen LogP contribution in [-0.2, 0) is 19.6 Å². The van der Waals surface area contributed by atoms with Gasteiger partial charge in [0.05, 0.1) is 10.9 Å². The molecular weight excluding hydrogens is 344 g/mol. The molecule has 8 nitrogen and oxygen atoms in total. The molecule has 1 aromatic rings. The van der Waals surface area contributed by atoms with E-state index in [4.69, 9.17) is 0 Å². The summed E-state index contributed by atoms with van der Waals surface area (Å²) in [6.45, 7) is 6.69. The first-order valence-corrected chi connectivity index (χ1v) is 9.59. The molecule has 0 saturated carbocycles. The number of hydrogen-bond acceptors (Lipinski definition) is 5. The standard InChI is InChI=1S/C16H24N4O4S/c1-11-10-20(9-8-17-11)16(22)12(2)19-25(23,24)15-6-4-14(5-7-15)18-13(3)21/h4-7,11-12,17,19H,8-10H2,1-3H3,(H,18,21). The van der Waals surface area contributed by atoms with Gasteiger partial charge in [-0.2, -0.15) is 4.72 Å². The first-order chi connectivity index (χ1) is 11.7. The van der Waals surface area contributed by atoms with Crippen LogP contribution in [0, 0.1) is 0 Å². The fraction of sp³-hybridized carbons (Fsp3) is 0.500. The number of carbonyl (C=O) groups excluding carboxylic acids is 2. The van der Waals surface area contributed by atoms with E-state index in [-0.39, 0.29) is 22.8 Å². The fourth-order valence-electron chi connectivity index (χ4n) is 2.68. The molecule has 0 radical (unpaired) electrons. The van der Waals surface area contributed by atoms with Crippen LogP contribution in [0.1, 0.15) is 20.8 Å². The molecule has 0 spiro atoms. The molecule has 2 rings (SSSR count). The lowest BCUT2D eigenvalue weighted by Gasteiger charge is -2.33. The van der Waals surface area contributed by atoms with E-state index in [9.17, 15) is 18.0 Å². The van der Waals surface area contributed by atoms with Gasteiger partial charge in [-0.1, -0.05) is 0 Å². The number of benzene rings is 1. The third-order valence-electron chi connectivity index (χ3n) is 3.87. The van der Waals surface area contributed by atoms with Crippen LogP contribution in [0.2, 0.25) is 0 Å². The highest BCUT2D eigenvalue weighted by Gasteiger charge is 2.28. The number of hydrogen-bond donors (Lipinski definition) is 3.